The van der Waals surface area contributed by atoms with Crippen molar-refractivity contribution in [1.82, 2.24) is 9.78 Å². The molecule has 0 fully saturated rings. The molecule has 0 aliphatic rings. The lowest BCUT2D eigenvalue weighted by molar-refractivity contribution is 0.833. The van der Waals surface area contributed by atoms with E-state index >= 15 is 0 Å². The summed E-state index contributed by atoms with van der Waals surface area (Å²) in [6.07, 6.45) is 0. The molecule has 1 aromatic carbocycles. The van der Waals surface area contributed by atoms with Gasteiger partial charge in [0.1, 0.15) is 5.84 Å². The second-order valence-electron chi connectivity index (χ2n) is 3.86. The summed E-state index contributed by atoms with van der Waals surface area (Å²) >= 11 is 3.50. The summed E-state index contributed by atoms with van der Waals surface area (Å²) in [4.78, 5) is 0. The molecule has 0 spiro atoms. The lowest BCUT2D eigenvalue weighted by atomic mass is 10.2. The molecule has 1 heterocycles. The monoisotopic (exact) mass is 292 g/mol. The van der Waals surface area contributed by atoms with Gasteiger partial charge in [-0.25, -0.2) is 4.68 Å². The second kappa shape index (κ2) is 4.33. The van der Waals surface area contributed by atoms with Gasteiger partial charge in [-0.2, -0.15) is 5.10 Å². The number of nitrogen functional groups attached to an aromatic ring is 1. The fourth-order valence-electron chi connectivity index (χ4n) is 1.66. The van der Waals surface area contributed by atoms with Crippen LogP contribution in [0.3, 0.4) is 0 Å². The molecule has 0 aliphatic heterocycles. The standard InChI is InChI=1S/C12H13BrN4/c1-7-11(13)8(2)17(16-7)10-5-3-9(4-6-10)12(14)15/h3-6H,1-2H3,(H3,14,15). The number of aromatic nitrogens is 2. The molecule has 0 saturated heterocycles. The van der Waals surface area contributed by atoms with Crippen LogP contribution in [0.5, 0.6) is 0 Å². The predicted molar refractivity (Wildman–Crippen MR) is 71.8 cm³/mol. The van der Waals surface area contributed by atoms with Gasteiger partial charge in [0.25, 0.3) is 0 Å². The van der Waals surface area contributed by atoms with Crippen LogP contribution < -0.4 is 5.73 Å². The van der Waals surface area contributed by atoms with Crippen LogP contribution in [0.25, 0.3) is 5.69 Å². The predicted octanol–water partition coefficient (Wildman–Crippen LogP) is 2.54. The number of hydrogen-bond acceptors (Lipinski definition) is 2. The molecule has 0 bridgehead atoms. The van der Waals surface area contributed by atoms with Gasteiger partial charge in [-0.3, -0.25) is 5.41 Å². The number of aryl methyl sites for hydroxylation is 1. The fourth-order valence-corrected chi connectivity index (χ4v) is 1.90. The van der Waals surface area contributed by atoms with E-state index in [1.807, 2.05) is 42.8 Å². The molecule has 88 valence electrons. The quantitative estimate of drug-likeness (QED) is 0.660. The zero-order valence-electron chi connectivity index (χ0n) is 9.66. The molecular formula is C12H13BrN4. The number of amidine groups is 1. The van der Waals surface area contributed by atoms with E-state index in [4.69, 9.17) is 11.1 Å². The van der Waals surface area contributed by atoms with E-state index in [1.165, 1.54) is 0 Å². The van der Waals surface area contributed by atoms with E-state index in [9.17, 15) is 0 Å². The van der Waals surface area contributed by atoms with Crippen molar-refractivity contribution in [3.63, 3.8) is 0 Å². The van der Waals surface area contributed by atoms with E-state index in [0.29, 0.717) is 5.56 Å². The highest BCUT2D eigenvalue weighted by atomic mass is 79.9. The van der Waals surface area contributed by atoms with Gasteiger partial charge in [-0.1, -0.05) is 0 Å². The molecular weight excluding hydrogens is 280 g/mol. The van der Waals surface area contributed by atoms with Crippen LogP contribution in [0, 0.1) is 19.3 Å². The maximum absolute atomic E-state index is 7.34. The summed E-state index contributed by atoms with van der Waals surface area (Å²) in [5, 5.41) is 11.8. The van der Waals surface area contributed by atoms with Crippen molar-refractivity contribution in [3.8, 4) is 5.69 Å². The maximum atomic E-state index is 7.34. The highest BCUT2D eigenvalue weighted by Crippen LogP contribution is 2.22. The molecule has 0 radical (unpaired) electrons. The number of nitrogens with zero attached hydrogens (tertiary/aromatic N) is 2. The van der Waals surface area contributed by atoms with Crippen LogP contribution in [0.2, 0.25) is 0 Å². The Bertz CT molecular complexity index is 569. The molecule has 0 atom stereocenters. The van der Waals surface area contributed by atoms with Crippen molar-refractivity contribution in [2.45, 2.75) is 13.8 Å². The summed E-state index contributed by atoms with van der Waals surface area (Å²) in [6, 6.07) is 7.45. The molecule has 2 rings (SSSR count). The number of hydrogen-bond donors (Lipinski definition) is 2. The summed E-state index contributed by atoms with van der Waals surface area (Å²) in [6.45, 7) is 3.96. The van der Waals surface area contributed by atoms with Crippen molar-refractivity contribution < 1.29 is 0 Å². The van der Waals surface area contributed by atoms with Crippen LogP contribution in [0.1, 0.15) is 17.0 Å². The van der Waals surface area contributed by atoms with Crippen LogP contribution in [-0.2, 0) is 0 Å². The Kier molecular flexibility index (Phi) is 3.02. The van der Waals surface area contributed by atoms with Crippen molar-refractivity contribution >= 4 is 21.8 Å². The van der Waals surface area contributed by atoms with Gasteiger partial charge >= 0.3 is 0 Å². The van der Waals surface area contributed by atoms with Crippen molar-refractivity contribution in [2.75, 3.05) is 0 Å². The zero-order valence-corrected chi connectivity index (χ0v) is 11.2. The molecule has 0 unspecified atom stereocenters. The minimum atomic E-state index is 0.0751. The average molecular weight is 293 g/mol. The SMILES string of the molecule is Cc1nn(-c2ccc(C(=N)N)cc2)c(C)c1Br. The third-order valence-corrected chi connectivity index (χ3v) is 3.77. The normalized spacial score (nSPS) is 10.5. The van der Waals surface area contributed by atoms with Gasteiger partial charge in [-0.15, -0.1) is 0 Å². The molecule has 5 heteroatoms. The van der Waals surface area contributed by atoms with Gasteiger partial charge in [0.15, 0.2) is 0 Å². The minimum absolute atomic E-state index is 0.0751. The van der Waals surface area contributed by atoms with Crippen LogP contribution >= 0.6 is 15.9 Å². The number of benzene rings is 1. The molecule has 4 nitrogen and oxygen atoms in total. The second-order valence-corrected chi connectivity index (χ2v) is 4.65. The van der Waals surface area contributed by atoms with Gasteiger partial charge in [0.2, 0.25) is 0 Å². The first-order chi connectivity index (χ1) is 8.00. The molecule has 3 N–H and O–H groups in total. The summed E-state index contributed by atoms with van der Waals surface area (Å²) in [5.41, 5.74) is 9.10. The Morgan fingerprint density at radius 3 is 2.29 bits per heavy atom. The van der Waals surface area contributed by atoms with Gasteiger partial charge < -0.3 is 5.73 Å². The summed E-state index contributed by atoms with van der Waals surface area (Å²) in [7, 11) is 0. The number of nitrogens with two attached hydrogens (primary N) is 1. The number of halogens is 1. The fraction of sp³-hybridized carbons (Fsp3) is 0.167. The lowest BCUT2D eigenvalue weighted by Crippen LogP contribution is -2.11. The van der Waals surface area contributed by atoms with Crippen molar-refractivity contribution in [1.29, 1.82) is 5.41 Å². The van der Waals surface area contributed by atoms with Gasteiger partial charge in [0, 0.05) is 5.56 Å². The maximum Gasteiger partial charge on any atom is 0.122 e. The third-order valence-electron chi connectivity index (χ3n) is 2.63. The highest BCUT2D eigenvalue weighted by molar-refractivity contribution is 9.10. The summed E-state index contributed by atoms with van der Waals surface area (Å²) in [5.74, 6) is 0.0751. The molecule has 1 aromatic heterocycles. The molecule has 17 heavy (non-hydrogen) atoms. The average Bonchev–Trinajstić information content (AvgIpc) is 2.57. The van der Waals surface area contributed by atoms with Crippen molar-refractivity contribution in [3.05, 3.63) is 45.7 Å². The van der Waals surface area contributed by atoms with E-state index in [0.717, 1.165) is 21.5 Å². The lowest BCUT2D eigenvalue weighted by Gasteiger charge is -2.05. The highest BCUT2D eigenvalue weighted by Gasteiger charge is 2.10. The largest absolute Gasteiger partial charge is 0.384 e. The summed E-state index contributed by atoms with van der Waals surface area (Å²) < 4.78 is 2.89. The van der Waals surface area contributed by atoms with E-state index in [1.54, 1.807) is 0 Å². The molecule has 0 aliphatic carbocycles. The number of rotatable bonds is 2. The third kappa shape index (κ3) is 2.10. The Hall–Kier alpha value is -1.62. The first kappa shape index (κ1) is 11.9. The smallest absolute Gasteiger partial charge is 0.122 e. The van der Waals surface area contributed by atoms with Crippen LogP contribution in [-0.4, -0.2) is 15.6 Å². The zero-order chi connectivity index (χ0) is 12.6. The molecule has 2 aromatic rings. The van der Waals surface area contributed by atoms with Crippen molar-refractivity contribution in [2.24, 2.45) is 5.73 Å². The number of nitrogens with one attached hydrogen (secondary N) is 1. The Labute approximate surface area is 108 Å². The van der Waals surface area contributed by atoms with Gasteiger partial charge in [-0.05, 0) is 54.0 Å². The topological polar surface area (TPSA) is 67.7 Å². The first-order valence-electron chi connectivity index (χ1n) is 5.17. The Morgan fingerprint density at radius 1 is 1.29 bits per heavy atom. The molecule has 0 saturated carbocycles. The Balaban J connectivity index is 2.47. The van der Waals surface area contributed by atoms with E-state index in [-0.39, 0.29) is 5.84 Å². The van der Waals surface area contributed by atoms with E-state index in [2.05, 4.69) is 21.0 Å². The van der Waals surface area contributed by atoms with Crippen LogP contribution in [0.4, 0.5) is 0 Å². The van der Waals surface area contributed by atoms with Crippen LogP contribution in [0.15, 0.2) is 28.7 Å². The Morgan fingerprint density at radius 2 is 1.88 bits per heavy atom. The molecule has 0 amide bonds. The van der Waals surface area contributed by atoms with E-state index < -0.39 is 0 Å². The van der Waals surface area contributed by atoms with Gasteiger partial charge in [0.05, 0.1) is 21.5 Å². The first-order valence-corrected chi connectivity index (χ1v) is 5.96. The minimum Gasteiger partial charge on any atom is -0.384 e.